The van der Waals surface area contributed by atoms with Gasteiger partial charge in [0.15, 0.2) is 5.76 Å². The van der Waals surface area contributed by atoms with Crippen molar-refractivity contribution in [2.75, 3.05) is 36.5 Å². The Hall–Kier alpha value is -3.35. The molecule has 0 unspecified atom stereocenters. The lowest BCUT2D eigenvalue weighted by molar-refractivity contribution is 0.102. The van der Waals surface area contributed by atoms with E-state index in [1.807, 2.05) is 43.3 Å². The monoisotopic (exact) mass is 447 g/mol. The highest BCUT2D eigenvalue weighted by molar-refractivity contribution is 6.33. The molecule has 1 aliphatic rings. The number of rotatable bonds is 4. The highest BCUT2D eigenvalue weighted by Crippen LogP contribution is 2.31. The number of fused-ring (bicyclic) bond motifs is 1. The number of carbonyl (C=O) groups excluding carboxylic acids is 1. The van der Waals surface area contributed by atoms with Crippen molar-refractivity contribution >= 4 is 39.8 Å². The first-order chi connectivity index (χ1) is 15.6. The van der Waals surface area contributed by atoms with Crippen molar-refractivity contribution < 1.29 is 14.1 Å². The lowest BCUT2D eigenvalue weighted by atomic mass is 10.0. The van der Waals surface area contributed by atoms with Crippen LogP contribution in [-0.4, -0.2) is 37.4 Å². The van der Waals surface area contributed by atoms with Gasteiger partial charge in [0.1, 0.15) is 5.52 Å². The molecule has 5 rings (SSSR count). The van der Waals surface area contributed by atoms with Gasteiger partial charge in [-0.25, -0.2) is 0 Å². The van der Waals surface area contributed by atoms with Crippen LogP contribution in [0.25, 0.3) is 22.2 Å². The van der Waals surface area contributed by atoms with E-state index < -0.39 is 0 Å². The number of nitrogens with one attached hydrogen (secondary N) is 1. The highest BCUT2D eigenvalue weighted by atomic mass is 35.5. The number of anilines is 2. The summed E-state index contributed by atoms with van der Waals surface area (Å²) in [6.07, 6.45) is 0. The van der Waals surface area contributed by atoms with Crippen LogP contribution in [0.4, 0.5) is 11.4 Å². The number of amides is 1. The van der Waals surface area contributed by atoms with Crippen LogP contribution in [0.15, 0.2) is 65.2 Å². The second-order valence-electron chi connectivity index (χ2n) is 7.83. The maximum absolute atomic E-state index is 12.9. The van der Waals surface area contributed by atoms with Crippen molar-refractivity contribution in [3.63, 3.8) is 0 Å². The first-order valence-corrected chi connectivity index (χ1v) is 10.9. The van der Waals surface area contributed by atoms with Gasteiger partial charge in [-0.15, -0.1) is 0 Å². The number of benzene rings is 3. The Balaban J connectivity index is 1.38. The third-order valence-electron chi connectivity index (χ3n) is 5.61. The Morgan fingerprint density at radius 2 is 1.81 bits per heavy atom. The van der Waals surface area contributed by atoms with E-state index in [2.05, 4.69) is 15.4 Å². The summed E-state index contributed by atoms with van der Waals surface area (Å²) >= 11 is 6.50. The zero-order valence-corrected chi connectivity index (χ0v) is 18.4. The van der Waals surface area contributed by atoms with Crippen LogP contribution in [0.1, 0.15) is 15.9 Å². The maximum atomic E-state index is 12.9. The topological polar surface area (TPSA) is 67.6 Å². The fourth-order valence-electron chi connectivity index (χ4n) is 3.84. The molecule has 1 aromatic heterocycles. The molecule has 6 nitrogen and oxygen atoms in total. The zero-order valence-electron chi connectivity index (χ0n) is 17.6. The van der Waals surface area contributed by atoms with Gasteiger partial charge in [-0.05, 0) is 43.3 Å². The van der Waals surface area contributed by atoms with E-state index in [9.17, 15) is 4.79 Å². The molecule has 4 aromatic rings. The average Bonchev–Trinajstić information content (AvgIpc) is 3.23. The van der Waals surface area contributed by atoms with Crippen LogP contribution in [0.2, 0.25) is 5.02 Å². The Morgan fingerprint density at radius 3 is 2.56 bits per heavy atom. The molecule has 0 atom stereocenters. The summed E-state index contributed by atoms with van der Waals surface area (Å²) in [5.41, 5.74) is 4.89. The fraction of sp³-hybridized carbons (Fsp3) is 0.200. The Labute approximate surface area is 190 Å². The average molecular weight is 448 g/mol. The second-order valence-corrected chi connectivity index (χ2v) is 8.24. The lowest BCUT2D eigenvalue weighted by Crippen LogP contribution is -2.36. The number of aryl methyl sites for hydroxylation is 1. The summed E-state index contributed by atoms with van der Waals surface area (Å²) in [5, 5.41) is 8.46. The van der Waals surface area contributed by atoms with Gasteiger partial charge in [0.25, 0.3) is 5.91 Å². The molecule has 0 aliphatic carbocycles. The van der Waals surface area contributed by atoms with Gasteiger partial charge in [-0.1, -0.05) is 46.6 Å². The van der Waals surface area contributed by atoms with Gasteiger partial charge in [-0.3, -0.25) is 4.79 Å². The Bertz CT molecular complexity index is 1280. The molecular formula is C25H22ClN3O3. The predicted octanol–water partition coefficient (Wildman–Crippen LogP) is 5.55. The third-order valence-corrected chi connectivity index (χ3v) is 5.91. The summed E-state index contributed by atoms with van der Waals surface area (Å²) < 4.78 is 11.0. The number of carbonyl (C=O) groups is 1. The SMILES string of the molecule is Cc1ccc(-c2onc3ccc(C(=O)Nc4ccc(N5CCOCC5)c(Cl)c4)cc23)cc1. The zero-order chi connectivity index (χ0) is 22.1. The first-order valence-electron chi connectivity index (χ1n) is 10.5. The van der Waals surface area contributed by atoms with Crippen LogP contribution in [-0.2, 0) is 4.74 Å². The van der Waals surface area contributed by atoms with Gasteiger partial charge >= 0.3 is 0 Å². The number of halogens is 1. The third kappa shape index (κ3) is 4.07. The van der Waals surface area contributed by atoms with Crippen LogP contribution in [0.5, 0.6) is 0 Å². The van der Waals surface area contributed by atoms with Crippen LogP contribution in [0, 0.1) is 6.92 Å². The van der Waals surface area contributed by atoms with E-state index in [1.54, 1.807) is 24.3 Å². The lowest BCUT2D eigenvalue weighted by Gasteiger charge is -2.29. The summed E-state index contributed by atoms with van der Waals surface area (Å²) in [6.45, 7) is 5.00. The van der Waals surface area contributed by atoms with Crippen molar-refractivity contribution in [1.29, 1.82) is 0 Å². The van der Waals surface area contributed by atoms with Crippen molar-refractivity contribution in [2.45, 2.75) is 6.92 Å². The quantitative estimate of drug-likeness (QED) is 0.444. The summed E-state index contributed by atoms with van der Waals surface area (Å²) in [4.78, 5) is 15.1. The molecule has 1 fully saturated rings. The van der Waals surface area contributed by atoms with Crippen molar-refractivity contribution in [3.8, 4) is 11.3 Å². The molecule has 3 aromatic carbocycles. The van der Waals surface area contributed by atoms with Gasteiger partial charge in [0, 0.05) is 29.9 Å². The number of aromatic nitrogens is 1. The molecule has 1 aliphatic heterocycles. The molecule has 0 saturated carbocycles. The predicted molar refractivity (Wildman–Crippen MR) is 127 cm³/mol. The summed E-state index contributed by atoms with van der Waals surface area (Å²) in [7, 11) is 0. The number of hydrogen-bond acceptors (Lipinski definition) is 5. The van der Waals surface area contributed by atoms with E-state index in [0.29, 0.717) is 40.8 Å². The Kier molecular flexibility index (Phi) is 5.55. The molecule has 2 heterocycles. The van der Waals surface area contributed by atoms with E-state index in [1.165, 1.54) is 0 Å². The molecular weight excluding hydrogens is 426 g/mol. The van der Waals surface area contributed by atoms with Crippen LogP contribution in [0.3, 0.4) is 0 Å². The number of nitrogens with zero attached hydrogens (tertiary/aromatic N) is 2. The second kappa shape index (κ2) is 8.65. The first kappa shape index (κ1) is 20.5. The van der Waals surface area contributed by atoms with Gasteiger partial charge < -0.3 is 19.5 Å². The van der Waals surface area contributed by atoms with E-state index in [4.69, 9.17) is 20.9 Å². The largest absolute Gasteiger partial charge is 0.378 e. The standard InChI is InChI=1S/C25H22ClN3O3/c1-16-2-4-17(5-3-16)24-20-14-18(6-8-22(20)28-32-24)25(30)27-19-7-9-23(21(26)15-19)29-10-12-31-13-11-29/h2-9,14-15H,10-13H2,1H3,(H,27,30). The van der Waals surface area contributed by atoms with E-state index in [0.717, 1.165) is 35.3 Å². The number of ether oxygens (including phenoxy) is 1. The molecule has 162 valence electrons. The summed E-state index contributed by atoms with van der Waals surface area (Å²) in [6, 6.07) is 18.9. The van der Waals surface area contributed by atoms with Gasteiger partial charge in [0.05, 0.1) is 29.3 Å². The van der Waals surface area contributed by atoms with E-state index >= 15 is 0 Å². The molecule has 7 heteroatoms. The number of hydrogen-bond donors (Lipinski definition) is 1. The summed E-state index contributed by atoms with van der Waals surface area (Å²) in [5.74, 6) is 0.422. The maximum Gasteiger partial charge on any atom is 0.255 e. The van der Waals surface area contributed by atoms with Gasteiger partial charge in [-0.2, -0.15) is 0 Å². The minimum atomic E-state index is -0.224. The van der Waals surface area contributed by atoms with Crippen LogP contribution < -0.4 is 10.2 Å². The number of morpholine rings is 1. The minimum Gasteiger partial charge on any atom is -0.378 e. The highest BCUT2D eigenvalue weighted by Gasteiger charge is 2.17. The molecule has 32 heavy (non-hydrogen) atoms. The minimum absolute atomic E-state index is 0.224. The molecule has 0 bridgehead atoms. The van der Waals surface area contributed by atoms with Crippen LogP contribution >= 0.6 is 11.6 Å². The van der Waals surface area contributed by atoms with Gasteiger partial charge in [0.2, 0.25) is 0 Å². The smallest absolute Gasteiger partial charge is 0.255 e. The van der Waals surface area contributed by atoms with Crippen molar-refractivity contribution in [2.24, 2.45) is 0 Å². The van der Waals surface area contributed by atoms with E-state index in [-0.39, 0.29) is 5.91 Å². The van der Waals surface area contributed by atoms with Crippen molar-refractivity contribution in [1.82, 2.24) is 5.16 Å². The molecule has 0 spiro atoms. The molecule has 1 amide bonds. The molecule has 1 N–H and O–H groups in total. The Morgan fingerprint density at radius 1 is 1.03 bits per heavy atom. The molecule has 0 radical (unpaired) electrons. The molecule has 1 saturated heterocycles. The fourth-order valence-corrected chi connectivity index (χ4v) is 4.14. The van der Waals surface area contributed by atoms with Crippen molar-refractivity contribution in [3.05, 3.63) is 76.8 Å². The normalized spacial score (nSPS) is 14.0.